The first-order chi connectivity index (χ1) is 9.38. The lowest BCUT2D eigenvalue weighted by atomic mass is 9.94. The molecular weight excluding hydrogens is 258 g/mol. The Hall–Kier alpha value is -1.14. The molecule has 6 heteroatoms. The summed E-state index contributed by atoms with van der Waals surface area (Å²) in [7, 11) is 0. The van der Waals surface area contributed by atoms with Gasteiger partial charge in [-0.05, 0) is 18.9 Å². The van der Waals surface area contributed by atoms with E-state index >= 15 is 0 Å². The van der Waals surface area contributed by atoms with Crippen LogP contribution in [-0.2, 0) is 9.59 Å². The van der Waals surface area contributed by atoms with E-state index in [0.29, 0.717) is 32.0 Å². The molecule has 116 valence electrons. The Morgan fingerprint density at radius 2 is 2.05 bits per heavy atom. The summed E-state index contributed by atoms with van der Waals surface area (Å²) in [6, 6.07) is 0.213. The van der Waals surface area contributed by atoms with Crippen LogP contribution >= 0.6 is 0 Å². The minimum Gasteiger partial charge on any atom is -0.481 e. The summed E-state index contributed by atoms with van der Waals surface area (Å²) in [5.74, 6) is -0.560. The van der Waals surface area contributed by atoms with Crippen molar-refractivity contribution >= 4 is 11.9 Å². The summed E-state index contributed by atoms with van der Waals surface area (Å²) in [4.78, 5) is 24.2. The maximum Gasteiger partial charge on any atom is 0.307 e. The van der Waals surface area contributed by atoms with E-state index in [1.165, 1.54) is 6.92 Å². The van der Waals surface area contributed by atoms with Crippen LogP contribution in [0, 0.1) is 11.8 Å². The lowest BCUT2D eigenvalue weighted by Gasteiger charge is -2.37. The van der Waals surface area contributed by atoms with Crippen LogP contribution in [0.15, 0.2) is 0 Å². The molecule has 1 heterocycles. The third kappa shape index (κ3) is 6.34. The number of carbonyl (C=O) groups excluding carboxylic acids is 1. The molecule has 1 aliphatic heterocycles. The Labute approximate surface area is 120 Å². The van der Waals surface area contributed by atoms with Crippen LogP contribution < -0.4 is 10.6 Å². The minimum atomic E-state index is -0.731. The summed E-state index contributed by atoms with van der Waals surface area (Å²) in [6.45, 7) is 9.34. The van der Waals surface area contributed by atoms with Crippen molar-refractivity contribution in [2.24, 2.45) is 11.8 Å². The molecule has 1 fully saturated rings. The maximum atomic E-state index is 11.2. The minimum absolute atomic E-state index is 0.0497. The van der Waals surface area contributed by atoms with Gasteiger partial charge in [0.25, 0.3) is 0 Å². The van der Waals surface area contributed by atoms with Crippen LogP contribution in [0.2, 0.25) is 0 Å². The van der Waals surface area contributed by atoms with E-state index in [1.807, 2.05) is 0 Å². The zero-order valence-electron chi connectivity index (χ0n) is 12.7. The maximum absolute atomic E-state index is 11.2. The molecule has 0 aromatic carbocycles. The summed E-state index contributed by atoms with van der Waals surface area (Å²) in [5.41, 5.74) is 0. The molecule has 0 aliphatic carbocycles. The molecular formula is C14H27N3O3. The average Bonchev–Trinajstić information content (AvgIpc) is 2.35. The van der Waals surface area contributed by atoms with E-state index in [9.17, 15) is 14.7 Å². The number of hydrogen-bond acceptors (Lipinski definition) is 4. The second-order valence-corrected chi connectivity index (χ2v) is 6.01. The summed E-state index contributed by atoms with van der Waals surface area (Å²) < 4.78 is 0. The fourth-order valence-corrected chi connectivity index (χ4v) is 2.49. The second-order valence-electron chi connectivity index (χ2n) is 6.01. The molecule has 1 saturated heterocycles. The first-order valence-corrected chi connectivity index (χ1v) is 7.31. The van der Waals surface area contributed by atoms with Crippen molar-refractivity contribution in [3.05, 3.63) is 0 Å². The molecule has 0 aromatic rings. The van der Waals surface area contributed by atoms with Crippen LogP contribution in [0.5, 0.6) is 0 Å². The molecule has 0 aromatic heterocycles. The first-order valence-electron chi connectivity index (χ1n) is 7.31. The van der Waals surface area contributed by atoms with Crippen LogP contribution in [-0.4, -0.2) is 60.6 Å². The van der Waals surface area contributed by atoms with Crippen molar-refractivity contribution in [1.82, 2.24) is 15.5 Å². The van der Waals surface area contributed by atoms with Crippen LogP contribution in [0.4, 0.5) is 0 Å². The van der Waals surface area contributed by atoms with E-state index < -0.39 is 5.97 Å². The molecule has 2 unspecified atom stereocenters. The van der Waals surface area contributed by atoms with E-state index in [4.69, 9.17) is 0 Å². The fraction of sp³-hybridized carbons (Fsp3) is 0.857. The van der Waals surface area contributed by atoms with Crippen molar-refractivity contribution in [3.8, 4) is 0 Å². The van der Waals surface area contributed by atoms with Gasteiger partial charge < -0.3 is 15.7 Å². The molecule has 0 spiro atoms. The quantitative estimate of drug-likeness (QED) is 0.620. The van der Waals surface area contributed by atoms with Gasteiger partial charge in [-0.2, -0.15) is 0 Å². The fourth-order valence-electron chi connectivity index (χ4n) is 2.49. The van der Waals surface area contributed by atoms with Gasteiger partial charge in [-0.25, -0.2) is 0 Å². The van der Waals surface area contributed by atoms with Gasteiger partial charge in [0.15, 0.2) is 0 Å². The van der Waals surface area contributed by atoms with Crippen molar-refractivity contribution in [2.75, 3.05) is 32.7 Å². The molecule has 0 bridgehead atoms. The van der Waals surface area contributed by atoms with E-state index in [2.05, 4.69) is 29.4 Å². The van der Waals surface area contributed by atoms with Crippen molar-refractivity contribution in [3.63, 3.8) is 0 Å². The number of piperidine rings is 1. The van der Waals surface area contributed by atoms with E-state index in [0.717, 1.165) is 13.1 Å². The highest BCUT2D eigenvalue weighted by atomic mass is 16.4. The van der Waals surface area contributed by atoms with Crippen LogP contribution in [0.1, 0.15) is 27.2 Å². The number of amides is 1. The van der Waals surface area contributed by atoms with Crippen LogP contribution in [0.25, 0.3) is 0 Å². The summed E-state index contributed by atoms with van der Waals surface area (Å²) in [5, 5.41) is 15.4. The topological polar surface area (TPSA) is 81.7 Å². The number of carboxylic acids is 1. The molecule has 1 amide bonds. The Morgan fingerprint density at radius 1 is 1.35 bits per heavy atom. The molecule has 1 rings (SSSR count). The molecule has 20 heavy (non-hydrogen) atoms. The number of nitrogens with zero attached hydrogens (tertiary/aromatic N) is 1. The number of nitrogens with one attached hydrogen (secondary N) is 2. The van der Waals surface area contributed by atoms with E-state index in [-0.39, 0.29) is 17.9 Å². The Morgan fingerprint density at radius 3 is 2.60 bits per heavy atom. The van der Waals surface area contributed by atoms with Crippen molar-refractivity contribution in [1.29, 1.82) is 0 Å². The predicted molar refractivity (Wildman–Crippen MR) is 77.5 cm³/mol. The molecule has 2 atom stereocenters. The summed E-state index contributed by atoms with van der Waals surface area (Å²) in [6.07, 6.45) is 0.679. The third-order valence-corrected chi connectivity index (χ3v) is 3.49. The largest absolute Gasteiger partial charge is 0.481 e. The van der Waals surface area contributed by atoms with Gasteiger partial charge in [0.1, 0.15) is 0 Å². The Balaban J connectivity index is 2.47. The van der Waals surface area contributed by atoms with E-state index in [1.54, 1.807) is 0 Å². The normalized spacial score (nSPS) is 23.8. The number of likely N-dealkylation sites (tertiary alicyclic amines) is 1. The Kier molecular flexibility index (Phi) is 6.95. The molecule has 6 nitrogen and oxygen atoms in total. The van der Waals surface area contributed by atoms with Gasteiger partial charge >= 0.3 is 5.97 Å². The lowest BCUT2D eigenvalue weighted by molar-refractivity contribution is -0.144. The highest BCUT2D eigenvalue weighted by molar-refractivity contribution is 5.72. The van der Waals surface area contributed by atoms with Gasteiger partial charge in [-0.15, -0.1) is 0 Å². The van der Waals surface area contributed by atoms with Crippen molar-refractivity contribution in [2.45, 2.75) is 33.2 Å². The number of carbonyl (C=O) groups is 2. The highest BCUT2D eigenvalue weighted by Gasteiger charge is 2.31. The monoisotopic (exact) mass is 285 g/mol. The van der Waals surface area contributed by atoms with Gasteiger partial charge in [0, 0.05) is 39.1 Å². The van der Waals surface area contributed by atoms with Gasteiger partial charge in [-0.3, -0.25) is 14.5 Å². The standard InChI is InChI=1S/C14H27N3O3/c1-10(2)7-16-13-6-12(14(19)20)8-17(9-13)5-4-15-11(3)18/h10,12-13,16H,4-9H2,1-3H3,(H,15,18)(H,19,20). The molecule has 1 aliphatic rings. The lowest BCUT2D eigenvalue weighted by Crippen LogP contribution is -2.52. The van der Waals surface area contributed by atoms with Gasteiger partial charge in [-0.1, -0.05) is 13.8 Å². The number of hydrogen-bond donors (Lipinski definition) is 3. The SMILES string of the molecule is CC(=O)NCCN1CC(NCC(C)C)CC(C(=O)O)C1. The number of carboxylic acid groups (broad SMARTS) is 1. The third-order valence-electron chi connectivity index (χ3n) is 3.49. The zero-order chi connectivity index (χ0) is 15.1. The molecule has 0 saturated carbocycles. The second kappa shape index (κ2) is 8.21. The number of aliphatic carboxylic acids is 1. The van der Waals surface area contributed by atoms with Gasteiger partial charge in [0.05, 0.1) is 5.92 Å². The highest BCUT2D eigenvalue weighted by Crippen LogP contribution is 2.17. The smallest absolute Gasteiger partial charge is 0.307 e. The predicted octanol–water partition coefficient (Wildman–Crippen LogP) is 0.143. The zero-order valence-corrected chi connectivity index (χ0v) is 12.7. The summed E-state index contributed by atoms with van der Waals surface area (Å²) >= 11 is 0. The number of rotatable bonds is 7. The van der Waals surface area contributed by atoms with Crippen molar-refractivity contribution < 1.29 is 14.7 Å². The average molecular weight is 285 g/mol. The Bertz CT molecular complexity index is 334. The van der Waals surface area contributed by atoms with Gasteiger partial charge in [0.2, 0.25) is 5.91 Å². The molecule has 3 N–H and O–H groups in total. The molecule has 0 radical (unpaired) electrons. The van der Waals surface area contributed by atoms with Crippen LogP contribution in [0.3, 0.4) is 0 Å². The first kappa shape index (κ1) is 16.9.